The van der Waals surface area contributed by atoms with Crippen LogP contribution in [0.3, 0.4) is 0 Å². The highest BCUT2D eigenvalue weighted by Gasteiger charge is 2.43. The third kappa shape index (κ3) is 5.02. The van der Waals surface area contributed by atoms with Crippen molar-refractivity contribution in [2.24, 2.45) is 0 Å². The number of H-pyrrole nitrogens is 1. The first kappa shape index (κ1) is 25.9. The molecule has 0 atom stereocenters. The van der Waals surface area contributed by atoms with Crippen molar-refractivity contribution >= 4 is 46.3 Å². The lowest BCUT2D eigenvalue weighted by atomic mass is 10.0. The van der Waals surface area contributed by atoms with E-state index in [2.05, 4.69) is 25.3 Å². The molecule has 4 aromatic rings. The largest absolute Gasteiger partial charge is 0.495 e. The van der Waals surface area contributed by atoms with Crippen LogP contribution in [0.15, 0.2) is 36.8 Å². The SMILES string of the molecule is COc1cc(OC)c(Cl)c(-c2ccc(OC(=O)Nc3ncc(CN4CC(F)(F)C4)[nH]3)c3nccnc23)c1Cl. The second-order valence-corrected chi connectivity index (χ2v) is 9.18. The number of imidazole rings is 1. The molecule has 0 radical (unpaired) electrons. The van der Waals surface area contributed by atoms with Gasteiger partial charge >= 0.3 is 6.09 Å². The van der Waals surface area contributed by atoms with E-state index in [1.807, 2.05) is 0 Å². The third-order valence-corrected chi connectivity index (χ3v) is 6.54. The van der Waals surface area contributed by atoms with Crippen LogP contribution in [0.2, 0.25) is 10.0 Å². The van der Waals surface area contributed by atoms with E-state index in [-0.39, 0.29) is 46.9 Å². The van der Waals surface area contributed by atoms with Crippen LogP contribution in [0.5, 0.6) is 17.2 Å². The molecule has 1 aliphatic rings. The Morgan fingerprint density at radius 1 is 1.05 bits per heavy atom. The summed E-state index contributed by atoms with van der Waals surface area (Å²) in [5, 5.41) is 2.96. The van der Waals surface area contributed by atoms with Crippen LogP contribution in [0.25, 0.3) is 22.2 Å². The molecule has 5 rings (SSSR count). The average molecular weight is 565 g/mol. The fourth-order valence-corrected chi connectivity index (χ4v) is 4.83. The number of nitrogens with zero attached hydrogens (tertiary/aromatic N) is 4. The summed E-state index contributed by atoms with van der Waals surface area (Å²) in [5.41, 5.74) is 2.13. The number of likely N-dealkylation sites (tertiary alicyclic amines) is 1. The molecule has 3 heterocycles. The molecule has 1 amide bonds. The van der Waals surface area contributed by atoms with Gasteiger partial charge in [0.25, 0.3) is 5.92 Å². The van der Waals surface area contributed by atoms with Gasteiger partial charge in [0.2, 0.25) is 5.95 Å². The maximum atomic E-state index is 13.0. The molecule has 0 saturated carbocycles. The standard InChI is InChI=1S/C24H20Cl2F2N6O4/c1-36-15-7-16(37-2)19(26)17(18(15)25)13-3-4-14(21-20(13)29-5-6-30-21)38-23(35)33-22-31-8-12(32-22)9-34-10-24(27,28)11-34/h3-8H,9-11H2,1-2H3,(H2,31,32,33,35). The van der Waals surface area contributed by atoms with E-state index in [0.29, 0.717) is 33.8 Å². The Kier molecular flexibility index (Phi) is 6.95. The Morgan fingerprint density at radius 2 is 1.71 bits per heavy atom. The van der Waals surface area contributed by atoms with Crippen LogP contribution in [0, 0.1) is 0 Å². The quantitative estimate of drug-likeness (QED) is 0.306. The maximum absolute atomic E-state index is 13.0. The van der Waals surface area contributed by atoms with Crippen molar-refractivity contribution in [2.45, 2.75) is 12.5 Å². The highest BCUT2D eigenvalue weighted by Crippen LogP contribution is 2.48. The third-order valence-electron chi connectivity index (χ3n) is 5.79. The number of carbonyl (C=O) groups excluding carboxylic acids is 1. The summed E-state index contributed by atoms with van der Waals surface area (Å²) in [6.07, 6.45) is 3.54. The Morgan fingerprint density at radius 3 is 2.34 bits per heavy atom. The second-order valence-electron chi connectivity index (χ2n) is 8.42. The number of alkyl halides is 2. The predicted molar refractivity (Wildman–Crippen MR) is 137 cm³/mol. The molecule has 0 spiro atoms. The number of halogens is 4. The normalized spacial score (nSPS) is 14.7. The average Bonchev–Trinajstić information content (AvgIpc) is 3.30. The van der Waals surface area contributed by atoms with Crippen molar-refractivity contribution in [3.05, 3.63) is 52.5 Å². The van der Waals surface area contributed by atoms with Crippen LogP contribution in [0.1, 0.15) is 5.69 Å². The van der Waals surface area contributed by atoms with Gasteiger partial charge in [-0.1, -0.05) is 23.2 Å². The van der Waals surface area contributed by atoms with E-state index < -0.39 is 12.0 Å². The van der Waals surface area contributed by atoms with Crippen molar-refractivity contribution in [3.8, 4) is 28.4 Å². The number of hydrogen-bond acceptors (Lipinski definition) is 8. The van der Waals surface area contributed by atoms with Crippen LogP contribution >= 0.6 is 23.2 Å². The number of aromatic amines is 1. The summed E-state index contributed by atoms with van der Waals surface area (Å²) in [7, 11) is 2.94. The van der Waals surface area contributed by atoms with Gasteiger partial charge in [-0.15, -0.1) is 0 Å². The number of carbonyl (C=O) groups is 1. The van der Waals surface area contributed by atoms with E-state index in [4.69, 9.17) is 37.4 Å². The topological polar surface area (TPSA) is 114 Å². The van der Waals surface area contributed by atoms with Crippen LogP contribution < -0.4 is 19.5 Å². The molecular formula is C24H20Cl2F2N6O4. The number of nitrogens with one attached hydrogen (secondary N) is 2. The molecule has 0 bridgehead atoms. The minimum absolute atomic E-state index is 0.103. The predicted octanol–water partition coefficient (Wildman–Crippen LogP) is 5.41. The van der Waals surface area contributed by atoms with Crippen molar-refractivity contribution in [2.75, 3.05) is 32.6 Å². The van der Waals surface area contributed by atoms with Crippen molar-refractivity contribution in [1.29, 1.82) is 0 Å². The molecule has 14 heteroatoms. The number of fused-ring (bicyclic) bond motifs is 1. The maximum Gasteiger partial charge on any atom is 0.419 e. The molecular weight excluding hydrogens is 545 g/mol. The van der Waals surface area contributed by atoms with Crippen molar-refractivity contribution < 1.29 is 27.8 Å². The van der Waals surface area contributed by atoms with E-state index >= 15 is 0 Å². The number of rotatable bonds is 7. The zero-order valence-electron chi connectivity index (χ0n) is 20.0. The van der Waals surface area contributed by atoms with Gasteiger partial charge in [-0.25, -0.2) is 23.5 Å². The number of methoxy groups -OCH3 is 2. The minimum Gasteiger partial charge on any atom is -0.495 e. The molecule has 0 aliphatic carbocycles. The number of aromatic nitrogens is 4. The Bertz CT molecular complexity index is 1500. The van der Waals surface area contributed by atoms with Crippen molar-refractivity contribution in [3.63, 3.8) is 0 Å². The van der Waals surface area contributed by atoms with E-state index in [0.717, 1.165) is 0 Å². The van der Waals surface area contributed by atoms with Gasteiger partial charge in [0.15, 0.2) is 5.75 Å². The first-order valence-electron chi connectivity index (χ1n) is 11.2. The fourth-order valence-electron chi connectivity index (χ4n) is 4.12. The lowest BCUT2D eigenvalue weighted by molar-refractivity contribution is -0.134. The monoisotopic (exact) mass is 564 g/mol. The van der Waals surface area contributed by atoms with Crippen LogP contribution in [-0.4, -0.2) is 64.2 Å². The summed E-state index contributed by atoms with van der Waals surface area (Å²) < 4.78 is 42.3. The molecule has 38 heavy (non-hydrogen) atoms. The molecule has 2 aromatic carbocycles. The van der Waals surface area contributed by atoms with Crippen molar-refractivity contribution in [1.82, 2.24) is 24.8 Å². The van der Waals surface area contributed by atoms with E-state index in [1.165, 1.54) is 38.9 Å². The zero-order valence-corrected chi connectivity index (χ0v) is 21.5. The first-order valence-corrected chi connectivity index (χ1v) is 11.9. The molecule has 1 saturated heterocycles. The molecule has 198 valence electrons. The number of anilines is 1. The summed E-state index contributed by atoms with van der Waals surface area (Å²) >= 11 is 13.2. The van der Waals surface area contributed by atoms with E-state index in [1.54, 1.807) is 17.0 Å². The Balaban J connectivity index is 1.39. The second kappa shape index (κ2) is 10.2. The highest BCUT2D eigenvalue weighted by molar-refractivity contribution is 6.41. The number of ether oxygens (including phenoxy) is 3. The summed E-state index contributed by atoms with van der Waals surface area (Å²) in [6.45, 7) is -0.388. The molecule has 2 N–H and O–H groups in total. The van der Waals surface area contributed by atoms with Gasteiger partial charge < -0.3 is 19.2 Å². The Labute approximate surface area is 224 Å². The molecule has 2 aromatic heterocycles. The zero-order chi connectivity index (χ0) is 27.0. The fraction of sp³-hybridized carbons (Fsp3) is 0.250. The Hall–Kier alpha value is -3.74. The van der Waals surface area contributed by atoms with E-state index in [9.17, 15) is 13.6 Å². The molecule has 10 nitrogen and oxygen atoms in total. The van der Waals surface area contributed by atoms with Crippen LogP contribution in [0.4, 0.5) is 19.5 Å². The minimum atomic E-state index is -2.67. The van der Waals surface area contributed by atoms with Gasteiger partial charge in [0.05, 0.1) is 49.2 Å². The van der Waals surface area contributed by atoms with Gasteiger partial charge in [-0.05, 0) is 12.1 Å². The number of amides is 1. The number of benzene rings is 2. The molecule has 1 aliphatic heterocycles. The van der Waals surface area contributed by atoms with Gasteiger partial charge in [0, 0.05) is 36.1 Å². The number of hydrogen-bond donors (Lipinski definition) is 2. The smallest absolute Gasteiger partial charge is 0.419 e. The first-order chi connectivity index (χ1) is 18.2. The lowest BCUT2D eigenvalue weighted by Gasteiger charge is -2.38. The molecule has 0 unspecified atom stereocenters. The summed E-state index contributed by atoms with van der Waals surface area (Å²) in [5.74, 6) is -1.75. The van der Waals surface area contributed by atoms with Gasteiger partial charge in [-0.2, -0.15) is 0 Å². The highest BCUT2D eigenvalue weighted by atomic mass is 35.5. The molecule has 1 fully saturated rings. The summed E-state index contributed by atoms with van der Waals surface area (Å²) in [4.78, 5) is 29.8. The van der Waals surface area contributed by atoms with Gasteiger partial charge in [0.1, 0.15) is 22.5 Å². The lowest BCUT2D eigenvalue weighted by Crippen LogP contribution is -2.55. The summed E-state index contributed by atoms with van der Waals surface area (Å²) in [6, 6.07) is 4.74. The van der Waals surface area contributed by atoms with Crippen LogP contribution in [-0.2, 0) is 6.54 Å². The van der Waals surface area contributed by atoms with Gasteiger partial charge in [-0.3, -0.25) is 15.2 Å².